The number of benzene rings is 2. The van der Waals surface area contributed by atoms with Crippen LogP contribution in [-0.2, 0) is 0 Å². The zero-order valence-corrected chi connectivity index (χ0v) is 17.6. The third-order valence-corrected chi connectivity index (χ3v) is 7.18. The molecule has 0 unspecified atom stereocenters. The highest BCUT2D eigenvalue weighted by molar-refractivity contribution is 7.73. The van der Waals surface area contributed by atoms with Crippen LogP contribution in [0.4, 0.5) is 0 Å². The molecule has 0 fully saturated rings. The van der Waals surface area contributed by atoms with Crippen molar-refractivity contribution in [3.05, 3.63) is 46.5 Å². The van der Waals surface area contributed by atoms with E-state index in [1.807, 2.05) is 0 Å². The van der Waals surface area contributed by atoms with Gasteiger partial charge in [-0.25, -0.2) is 0 Å². The SMILES string of the molecule is CCCCP(c1cc(C)c(OC)c(C)c1)c1cc(C)c(OC)c(C)c1. The van der Waals surface area contributed by atoms with E-state index in [-0.39, 0.29) is 7.92 Å². The Bertz CT molecular complexity index is 631. The number of rotatable bonds is 7. The van der Waals surface area contributed by atoms with Crippen molar-refractivity contribution >= 4 is 18.5 Å². The molecule has 2 aromatic rings. The molecule has 2 nitrogen and oxygen atoms in total. The smallest absolute Gasteiger partial charge is 0.124 e. The second kappa shape index (κ2) is 8.72. The average Bonchev–Trinajstić information content (AvgIpc) is 2.55. The van der Waals surface area contributed by atoms with E-state index in [2.05, 4.69) is 58.9 Å². The summed E-state index contributed by atoms with van der Waals surface area (Å²) >= 11 is 0. The highest BCUT2D eigenvalue weighted by Crippen LogP contribution is 2.39. The zero-order chi connectivity index (χ0) is 18.6. The van der Waals surface area contributed by atoms with E-state index < -0.39 is 0 Å². The van der Waals surface area contributed by atoms with E-state index in [0.29, 0.717) is 0 Å². The summed E-state index contributed by atoms with van der Waals surface area (Å²) in [6.45, 7) is 10.9. The van der Waals surface area contributed by atoms with Crippen molar-refractivity contribution in [2.45, 2.75) is 47.5 Å². The second-order valence-electron chi connectivity index (χ2n) is 6.73. The summed E-state index contributed by atoms with van der Waals surface area (Å²) in [5, 5.41) is 2.89. The van der Waals surface area contributed by atoms with E-state index >= 15 is 0 Å². The van der Waals surface area contributed by atoms with Crippen molar-refractivity contribution in [2.24, 2.45) is 0 Å². The standard InChI is InChI=1S/C22H31O2P/c1-8-9-10-25(19-11-15(2)21(23-6)16(3)12-19)20-13-17(4)22(24-7)18(5)14-20/h11-14H,8-10H2,1-7H3. The first kappa shape index (κ1) is 19.8. The molecule has 0 radical (unpaired) electrons. The second-order valence-corrected chi connectivity index (χ2v) is 9.07. The Labute approximate surface area is 154 Å². The van der Waals surface area contributed by atoms with E-state index in [1.54, 1.807) is 14.2 Å². The maximum absolute atomic E-state index is 5.56. The summed E-state index contributed by atoms with van der Waals surface area (Å²) in [6.07, 6.45) is 3.70. The van der Waals surface area contributed by atoms with Gasteiger partial charge in [-0.1, -0.05) is 13.3 Å². The van der Waals surface area contributed by atoms with Gasteiger partial charge in [0.15, 0.2) is 0 Å². The molecule has 2 aromatic carbocycles. The maximum Gasteiger partial charge on any atom is 0.124 e. The lowest BCUT2D eigenvalue weighted by Gasteiger charge is -2.23. The van der Waals surface area contributed by atoms with Gasteiger partial charge in [0.2, 0.25) is 0 Å². The number of aryl methyl sites for hydroxylation is 4. The highest BCUT2D eigenvalue weighted by atomic mass is 31.1. The summed E-state index contributed by atoms with van der Waals surface area (Å²) in [5.41, 5.74) is 4.90. The van der Waals surface area contributed by atoms with Gasteiger partial charge >= 0.3 is 0 Å². The van der Waals surface area contributed by atoms with Crippen molar-refractivity contribution in [1.82, 2.24) is 0 Å². The fourth-order valence-corrected chi connectivity index (χ4v) is 6.38. The van der Waals surface area contributed by atoms with Gasteiger partial charge in [0.05, 0.1) is 14.2 Å². The van der Waals surface area contributed by atoms with Crippen molar-refractivity contribution in [3.8, 4) is 11.5 Å². The summed E-state index contributed by atoms with van der Waals surface area (Å²) in [5.74, 6) is 2.02. The predicted molar refractivity (Wildman–Crippen MR) is 111 cm³/mol. The molecule has 0 atom stereocenters. The molecule has 0 saturated carbocycles. The number of ether oxygens (including phenoxy) is 2. The molecule has 0 saturated heterocycles. The number of hydrogen-bond donors (Lipinski definition) is 0. The van der Waals surface area contributed by atoms with Gasteiger partial charge in [-0.2, -0.15) is 0 Å². The number of hydrogen-bond acceptors (Lipinski definition) is 2. The van der Waals surface area contributed by atoms with Crippen molar-refractivity contribution in [3.63, 3.8) is 0 Å². The van der Waals surface area contributed by atoms with E-state index in [4.69, 9.17) is 9.47 Å². The largest absolute Gasteiger partial charge is 0.496 e. The van der Waals surface area contributed by atoms with Gasteiger partial charge in [-0.05, 0) is 105 Å². The maximum atomic E-state index is 5.56. The van der Waals surface area contributed by atoms with Gasteiger partial charge < -0.3 is 9.47 Å². The lowest BCUT2D eigenvalue weighted by molar-refractivity contribution is 0.408. The van der Waals surface area contributed by atoms with Crippen molar-refractivity contribution < 1.29 is 9.47 Å². The van der Waals surface area contributed by atoms with Gasteiger partial charge in [-0.3, -0.25) is 0 Å². The van der Waals surface area contributed by atoms with Crippen LogP contribution in [-0.4, -0.2) is 20.4 Å². The zero-order valence-electron chi connectivity index (χ0n) is 16.7. The van der Waals surface area contributed by atoms with E-state index in [1.165, 1.54) is 51.9 Å². The minimum absolute atomic E-state index is 0.367. The van der Waals surface area contributed by atoms with Crippen LogP contribution in [0.25, 0.3) is 0 Å². The molecule has 2 rings (SSSR count). The van der Waals surface area contributed by atoms with Crippen LogP contribution < -0.4 is 20.1 Å². The molecule has 0 N–H and O–H groups in total. The summed E-state index contributed by atoms with van der Waals surface area (Å²) < 4.78 is 11.1. The Morgan fingerprint density at radius 1 is 0.720 bits per heavy atom. The molecule has 0 spiro atoms. The first-order valence-electron chi connectivity index (χ1n) is 9.00. The number of methoxy groups -OCH3 is 2. The van der Waals surface area contributed by atoms with Crippen LogP contribution in [0.3, 0.4) is 0 Å². The van der Waals surface area contributed by atoms with Crippen molar-refractivity contribution in [2.75, 3.05) is 20.4 Å². The highest BCUT2D eigenvalue weighted by Gasteiger charge is 2.18. The normalized spacial score (nSPS) is 11.0. The minimum Gasteiger partial charge on any atom is -0.496 e. The molecule has 3 heteroatoms. The summed E-state index contributed by atoms with van der Waals surface area (Å²) in [7, 11) is 3.14. The van der Waals surface area contributed by atoms with Crippen LogP contribution in [0.1, 0.15) is 42.0 Å². The molecule has 0 heterocycles. The third-order valence-electron chi connectivity index (χ3n) is 4.66. The lowest BCUT2D eigenvalue weighted by Crippen LogP contribution is -2.17. The molecular weight excluding hydrogens is 327 g/mol. The predicted octanol–water partition coefficient (Wildman–Crippen LogP) is 5.17. The third kappa shape index (κ3) is 4.36. The Morgan fingerprint density at radius 2 is 1.08 bits per heavy atom. The molecular formula is C22H31O2P. The molecule has 0 aliphatic carbocycles. The minimum atomic E-state index is -0.367. The van der Waals surface area contributed by atoms with Crippen LogP contribution in [0.15, 0.2) is 24.3 Å². The van der Waals surface area contributed by atoms with Crippen LogP contribution in [0.5, 0.6) is 11.5 Å². The fraction of sp³-hybridized carbons (Fsp3) is 0.455. The Kier molecular flexibility index (Phi) is 6.90. The lowest BCUT2D eigenvalue weighted by atomic mass is 10.1. The van der Waals surface area contributed by atoms with Crippen molar-refractivity contribution in [1.29, 1.82) is 0 Å². The van der Waals surface area contributed by atoms with Gasteiger partial charge in [-0.15, -0.1) is 0 Å². The van der Waals surface area contributed by atoms with Crippen LogP contribution in [0.2, 0.25) is 0 Å². The molecule has 0 bridgehead atoms. The fourth-order valence-electron chi connectivity index (χ4n) is 3.53. The molecule has 0 aromatic heterocycles. The quantitative estimate of drug-likeness (QED) is 0.636. The molecule has 136 valence electrons. The molecule has 0 aliphatic heterocycles. The first-order valence-corrected chi connectivity index (χ1v) is 10.5. The molecule has 25 heavy (non-hydrogen) atoms. The first-order chi connectivity index (χ1) is 11.9. The number of unbranched alkanes of at least 4 members (excludes halogenated alkanes) is 1. The van der Waals surface area contributed by atoms with Gasteiger partial charge in [0.1, 0.15) is 11.5 Å². The van der Waals surface area contributed by atoms with Crippen LogP contribution in [0, 0.1) is 27.7 Å². The van der Waals surface area contributed by atoms with Gasteiger partial charge in [0, 0.05) is 0 Å². The van der Waals surface area contributed by atoms with E-state index in [9.17, 15) is 0 Å². The van der Waals surface area contributed by atoms with Gasteiger partial charge in [0.25, 0.3) is 0 Å². The Balaban J connectivity index is 2.54. The molecule has 0 aliphatic rings. The molecule has 0 amide bonds. The van der Waals surface area contributed by atoms with E-state index in [0.717, 1.165) is 11.5 Å². The monoisotopic (exact) mass is 358 g/mol. The Morgan fingerprint density at radius 3 is 1.36 bits per heavy atom. The summed E-state index contributed by atoms with van der Waals surface area (Å²) in [6, 6.07) is 9.29. The Hall–Kier alpha value is -1.53. The average molecular weight is 358 g/mol. The van der Waals surface area contributed by atoms with Crippen LogP contribution >= 0.6 is 7.92 Å². The topological polar surface area (TPSA) is 18.5 Å². The summed E-state index contributed by atoms with van der Waals surface area (Å²) in [4.78, 5) is 0.